The van der Waals surface area contributed by atoms with Gasteiger partial charge >= 0.3 is 0 Å². The van der Waals surface area contributed by atoms with Crippen LogP contribution in [0.4, 0.5) is 0 Å². The molecule has 25 heavy (non-hydrogen) atoms. The van der Waals surface area contributed by atoms with Gasteiger partial charge in [-0.05, 0) is 50.9 Å². The van der Waals surface area contributed by atoms with E-state index in [1.54, 1.807) is 25.3 Å². The summed E-state index contributed by atoms with van der Waals surface area (Å²) in [5.41, 5.74) is -0.698. The van der Waals surface area contributed by atoms with E-state index >= 15 is 0 Å². The summed E-state index contributed by atoms with van der Waals surface area (Å²) in [6, 6.07) is 5.24. The second kappa shape index (κ2) is 8.12. The summed E-state index contributed by atoms with van der Waals surface area (Å²) in [4.78, 5) is 15.0. The van der Waals surface area contributed by atoms with Crippen LogP contribution in [0.3, 0.4) is 0 Å². The number of ether oxygens (including phenoxy) is 2. The fourth-order valence-corrected chi connectivity index (χ4v) is 3.87. The van der Waals surface area contributed by atoms with Crippen LogP contribution in [0.25, 0.3) is 0 Å². The van der Waals surface area contributed by atoms with Gasteiger partial charge in [0.25, 0.3) is 5.91 Å². The Morgan fingerprint density at radius 1 is 1.28 bits per heavy atom. The van der Waals surface area contributed by atoms with Crippen molar-refractivity contribution in [2.24, 2.45) is 0 Å². The van der Waals surface area contributed by atoms with E-state index in [0.29, 0.717) is 35.2 Å². The van der Waals surface area contributed by atoms with E-state index in [9.17, 15) is 4.79 Å². The number of benzene rings is 1. The van der Waals surface area contributed by atoms with Gasteiger partial charge < -0.3 is 19.7 Å². The molecule has 7 heteroatoms. The average molecular weight is 387 g/mol. The third-order valence-corrected chi connectivity index (χ3v) is 5.79. The second-order valence-electron chi connectivity index (χ2n) is 6.66. The molecular weight excluding hydrogens is 363 g/mol. The molecule has 0 radical (unpaired) electrons. The van der Waals surface area contributed by atoms with Crippen molar-refractivity contribution in [3.8, 4) is 5.75 Å². The Bertz CT molecular complexity index is 620. The molecule has 138 valence electrons. The predicted octanol–water partition coefficient (Wildman–Crippen LogP) is 3.13. The third kappa shape index (κ3) is 4.22. The number of carbonyl (C=O) groups excluding carboxylic acids is 1. The minimum atomic E-state index is -0.698. The predicted molar refractivity (Wildman–Crippen MR) is 98.5 cm³/mol. The molecule has 3 rings (SSSR count). The summed E-state index contributed by atoms with van der Waals surface area (Å²) < 4.78 is 11.7. The highest BCUT2D eigenvalue weighted by molar-refractivity contribution is 6.42. The number of carbonyl (C=O) groups is 1. The number of amides is 1. The SMILES string of the molecule is COC1(C(=O)N2CCCC(Oc3ccc(Cl)c(Cl)c3)C2)CCNCC1. The summed E-state index contributed by atoms with van der Waals surface area (Å²) >= 11 is 12.0. The Hall–Kier alpha value is -1.01. The fraction of sp³-hybridized carbons (Fsp3) is 0.611. The third-order valence-electron chi connectivity index (χ3n) is 5.05. The topological polar surface area (TPSA) is 50.8 Å². The summed E-state index contributed by atoms with van der Waals surface area (Å²) in [6.07, 6.45) is 3.18. The minimum Gasteiger partial charge on any atom is -0.489 e. The largest absolute Gasteiger partial charge is 0.489 e. The van der Waals surface area contributed by atoms with Crippen LogP contribution in [-0.4, -0.2) is 55.8 Å². The molecule has 2 aliphatic heterocycles. The number of hydrogen-bond acceptors (Lipinski definition) is 4. The normalized spacial score (nSPS) is 23.3. The Kier molecular flexibility index (Phi) is 6.10. The highest BCUT2D eigenvalue weighted by Gasteiger charge is 2.43. The molecule has 1 unspecified atom stereocenters. The number of rotatable bonds is 4. The Labute approximate surface area is 158 Å². The minimum absolute atomic E-state index is 0.0504. The first kappa shape index (κ1) is 18.8. The van der Waals surface area contributed by atoms with Crippen molar-refractivity contribution >= 4 is 29.1 Å². The van der Waals surface area contributed by atoms with Crippen LogP contribution >= 0.6 is 23.2 Å². The molecule has 1 aromatic carbocycles. The smallest absolute Gasteiger partial charge is 0.255 e. The monoisotopic (exact) mass is 386 g/mol. The lowest BCUT2D eigenvalue weighted by Gasteiger charge is -2.41. The quantitative estimate of drug-likeness (QED) is 0.863. The van der Waals surface area contributed by atoms with Gasteiger partial charge in [0, 0.05) is 19.7 Å². The van der Waals surface area contributed by atoms with Gasteiger partial charge in [-0.2, -0.15) is 0 Å². The van der Waals surface area contributed by atoms with E-state index in [1.165, 1.54) is 0 Å². The van der Waals surface area contributed by atoms with Gasteiger partial charge in [0.05, 0.1) is 16.6 Å². The number of likely N-dealkylation sites (tertiary alicyclic amines) is 1. The van der Waals surface area contributed by atoms with Crippen LogP contribution in [0.5, 0.6) is 5.75 Å². The van der Waals surface area contributed by atoms with Crippen molar-refractivity contribution in [2.75, 3.05) is 33.3 Å². The molecule has 1 atom stereocenters. The maximum atomic E-state index is 13.1. The summed E-state index contributed by atoms with van der Waals surface area (Å²) in [7, 11) is 1.64. The van der Waals surface area contributed by atoms with Crippen molar-refractivity contribution in [3.05, 3.63) is 28.2 Å². The lowest BCUT2D eigenvalue weighted by atomic mass is 9.89. The molecule has 2 saturated heterocycles. The summed E-state index contributed by atoms with van der Waals surface area (Å²) in [5, 5.41) is 4.25. The van der Waals surface area contributed by atoms with Crippen molar-refractivity contribution in [1.29, 1.82) is 0 Å². The molecule has 1 amide bonds. The van der Waals surface area contributed by atoms with Gasteiger partial charge in [-0.15, -0.1) is 0 Å². The Morgan fingerprint density at radius 2 is 2.04 bits per heavy atom. The van der Waals surface area contributed by atoms with Gasteiger partial charge in [-0.3, -0.25) is 4.79 Å². The zero-order valence-electron chi connectivity index (χ0n) is 14.4. The molecular formula is C18H24Cl2N2O3. The molecule has 1 N–H and O–H groups in total. The molecule has 0 aliphatic carbocycles. The van der Waals surface area contributed by atoms with Gasteiger partial charge in [-0.25, -0.2) is 0 Å². The van der Waals surface area contributed by atoms with Gasteiger partial charge in [-0.1, -0.05) is 23.2 Å². The molecule has 0 saturated carbocycles. The number of nitrogens with zero attached hydrogens (tertiary/aromatic N) is 1. The molecule has 2 fully saturated rings. The first-order valence-corrected chi connectivity index (χ1v) is 9.47. The number of nitrogens with one attached hydrogen (secondary N) is 1. The lowest BCUT2D eigenvalue weighted by Crippen LogP contribution is -2.58. The maximum absolute atomic E-state index is 13.1. The van der Waals surface area contributed by atoms with Gasteiger partial charge in [0.1, 0.15) is 17.5 Å². The van der Waals surface area contributed by atoms with E-state index < -0.39 is 5.60 Å². The molecule has 0 bridgehead atoms. The van der Waals surface area contributed by atoms with Crippen molar-refractivity contribution in [2.45, 2.75) is 37.4 Å². The molecule has 1 aromatic rings. The number of halogens is 2. The number of hydrogen-bond donors (Lipinski definition) is 1. The second-order valence-corrected chi connectivity index (χ2v) is 7.47. The van der Waals surface area contributed by atoms with Crippen LogP contribution < -0.4 is 10.1 Å². The molecule has 2 aliphatic rings. The first-order chi connectivity index (χ1) is 12.0. The maximum Gasteiger partial charge on any atom is 0.255 e. The number of methoxy groups -OCH3 is 1. The molecule has 0 aromatic heterocycles. The van der Waals surface area contributed by atoms with E-state index in [-0.39, 0.29) is 12.0 Å². The van der Waals surface area contributed by atoms with Crippen molar-refractivity contribution in [1.82, 2.24) is 10.2 Å². The standard InChI is InChI=1S/C18H24Cl2N2O3/c1-24-18(6-8-21-9-7-18)17(23)22-10-2-3-14(12-22)25-13-4-5-15(19)16(20)11-13/h4-5,11,14,21H,2-3,6-10,12H2,1H3. The van der Waals surface area contributed by atoms with E-state index in [1.807, 2.05) is 4.90 Å². The summed E-state index contributed by atoms with van der Waals surface area (Å²) in [6.45, 7) is 2.92. The van der Waals surface area contributed by atoms with Crippen LogP contribution in [-0.2, 0) is 9.53 Å². The first-order valence-electron chi connectivity index (χ1n) is 8.71. The van der Waals surface area contributed by atoms with Crippen molar-refractivity contribution in [3.63, 3.8) is 0 Å². The van der Waals surface area contributed by atoms with Gasteiger partial charge in [0.15, 0.2) is 0 Å². The highest BCUT2D eigenvalue weighted by atomic mass is 35.5. The van der Waals surface area contributed by atoms with Crippen LogP contribution in [0.2, 0.25) is 10.0 Å². The summed E-state index contributed by atoms with van der Waals surface area (Å²) in [5.74, 6) is 0.760. The molecule has 0 spiro atoms. The highest BCUT2D eigenvalue weighted by Crippen LogP contribution is 2.30. The molecule has 2 heterocycles. The van der Waals surface area contributed by atoms with Crippen LogP contribution in [0.15, 0.2) is 18.2 Å². The van der Waals surface area contributed by atoms with E-state index in [2.05, 4.69) is 5.32 Å². The fourth-order valence-electron chi connectivity index (χ4n) is 3.59. The van der Waals surface area contributed by atoms with Crippen molar-refractivity contribution < 1.29 is 14.3 Å². The Balaban J connectivity index is 1.65. The van der Waals surface area contributed by atoms with E-state index in [4.69, 9.17) is 32.7 Å². The number of piperidine rings is 2. The van der Waals surface area contributed by atoms with Gasteiger partial charge in [0.2, 0.25) is 0 Å². The zero-order chi connectivity index (χ0) is 17.9. The lowest BCUT2D eigenvalue weighted by molar-refractivity contribution is -0.161. The Morgan fingerprint density at radius 3 is 2.72 bits per heavy atom. The average Bonchev–Trinajstić information content (AvgIpc) is 2.65. The molecule has 5 nitrogen and oxygen atoms in total. The van der Waals surface area contributed by atoms with Crippen LogP contribution in [0, 0.1) is 0 Å². The van der Waals surface area contributed by atoms with E-state index in [0.717, 1.165) is 32.5 Å². The van der Waals surface area contributed by atoms with Crippen LogP contribution in [0.1, 0.15) is 25.7 Å². The zero-order valence-corrected chi connectivity index (χ0v) is 15.9.